The third-order valence-electron chi connectivity index (χ3n) is 5.23. The van der Waals surface area contributed by atoms with Gasteiger partial charge in [0.1, 0.15) is 28.9 Å². The molecule has 0 amide bonds. The zero-order valence-corrected chi connectivity index (χ0v) is 24.1. The highest BCUT2D eigenvalue weighted by molar-refractivity contribution is 6.38. The molecule has 19 heteroatoms. The summed E-state index contributed by atoms with van der Waals surface area (Å²) in [6.45, 7) is 0. The van der Waals surface area contributed by atoms with Crippen LogP contribution in [0.5, 0.6) is 11.5 Å². The zero-order chi connectivity index (χ0) is 32.2. The Balaban J connectivity index is 0.000000236. The Hall–Kier alpha value is -4.31. The van der Waals surface area contributed by atoms with Gasteiger partial charge in [0, 0.05) is 17.2 Å². The van der Waals surface area contributed by atoms with Crippen molar-refractivity contribution in [2.24, 2.45) is 0 Å². The van der Waals surface area contributed by atoms with Crippen LogP contribution in [0.2, 0.25) is 20.1 Å². The number of nitro benzene ring substituents is 1. The molecule has 4 aromatic rings. The Morgan fingerprint density at radius 1 is 0.930 bits per heavy atom. The molecule has 0 bridgehead atoms. The quantitative estimate of drug-likeness (QED) is 0.120. The van der Waals surface area contributed by atoms with E-state index < -0.39 is 39.1 Å². The van der Waals surface area contributed by atoms with Gasteiger partial charge in [0.15, 0.2) is 0 Å². The van der Waals surface area contributed by atoms with Crippen LogP contribution in [0.3, 0.4) is 0 Å². The molecular weight excluding hydrogens is 669 g/mol. The van der Waals surface area contributed by atoms with Gasteiger partial charge in [-0.05, 0) is 36.4 Å². The Morgan fingerprint density at radius 2 is 1.53 bits per heavy atom. The fourth-order valence-corrected chi connectivity index (χ4v) is 4.39. The first-order valence-electron chi connectivity index (χ1n) is 11.1. The molecule has 0 unspecified atom stereocenters. The normalized spacial score (nSPS) is 10.9. The fraction of sp³-hybridized carbons (Fsp3) is 0.0833. The number of halogens is 7. The minimum Gasteiger partial charge on any atom is -0.465 e. The second-order valence-corrected chi connectivity index (χ2v) is 9.63. The molecule has 2 N–H and O–H groups in total. The Morgan fingerprint density at radius 3 is 2.02 bits per heavy atom. The number of nitrogen functional groups attached to an aromatic ring is 1. The third-order valence-corrected chi connectivity index (χ3v) is 6.34. The number of carbonyl (C=O) groups is 1. The predicted molar refractivity (Wildman–Crippen MR) is 151 cm³/mol. The number of benzene rings is 3. The maximum absolute atomic E-state index is 12.6. The molecule has 0 spiro atoms. The van der Waals surface area contributed by atoms with Crippen molar-refractivity contribution >= 4 is 69.6 Å². The number of aromatic nitrogens is 2. The van der Waals surface area contributed by atoms with E-state index in [0.717, 1.165) is 24.1 Å². The number of carbonyl (C=O) groups excluding carboxylic acids is 1. The summed E-state index contributed by atoms with van der Waals surface area (Å²) in [6, 6.07) is 9.62. The van der Waals surface area contributed by atoms with Gasteiger partial charge in [0.2, 0.25) is 5.82 Å². The number of hydrogen-bond donors (Lipinski definition) is 1. The van der Waals surface area contributed by atoms with Crippen molar-refractivity contribution in [3.05, 3.63) is 106 Å². The van der Waals surface area contributed by atoms with E-state index in [1.807, 2.05) is 0 Å². The summed E-state index contributed by atoms with van der Waals surface area (Å²) >= 11 is 23.3. The molecule has 4 rings (SSSR count). The lowest BCUT2D eigenvalue weighted by Gasteiger charge is -2.12. The average molecular weight is 683 g/mol. The van der Waals surface area contributed by atoms with Crippen molar-refractivity contribution in [1.29, 1.82) is 0 Å². The molecule has 1 aromatic heterocycles. The van der Waals surface area contributed by atoms with Crippen molar-refractivity contribution in [2.75, 3.05) is 12.8 Å². The Kier molecular flexibility index (Phi) is 10.3. The maximum Gasteiger partial charge on any atom is 0.416 e. The highest BCUT2D eigenvalue weighted by Crippen LogP contribution is 2.39. The maximum atomic E-state index is 12.6. The van der Waals surface area contributed by atoms with Crippen molar-refractivity contribution in [3.8, 4) is 17.2 Å². The van der Waals surface area contributed by atoms with E-state index in [4.69, 9.17) is 56.9 Å². The molecular formula is C24H14Cl4F3N5O7. The van der Waals surface area contributed by atoms with Gasteiger partial charge < -0.3 is 15.2 Å². The molecule has 226 valence electrons. The van der Waals surface area contributed by atoms with Crippen molar-refractivity contribution < 1.29 is 37.3 Å². The second-order valence-electron chi connectivity index (χ2n) is 7.97. The average Bonchev–Trinajstić information content (AvgIpc) is 3.30. The van der Waals surface area contributed by atoms with Crippen LogP contribution in [-0.4, -0.2) is 32.7 Å². The van der Waals surface area contributed by atoms with E-state index in [1.54, 1.807) is 12.1 Å². The molecule has 0 aliphatic rings. The van der Waals surface area contributed by atoms with Gasteiger partial charge >= 0.3 is 17.8 Å². The Labute approximate surface area is 258 Å². The van der Waals surface area contributed by atoms with Crippen LogP contribution in [0.1, 0.15) is 15.9 Å². The molecule has 0 fully saturated rings. The number of ether oxygens (including phenoxy) is 2. The van der Waals surface area contributed by atoms with Gasteiger partial charge in [-0.1, -0.05) is 46.4 Å². The summed E-state index contributed by atoms with van der Waals surface area (Å²) < 4.78 is 48.7. The largest absolute Gasteiger partial charge is 0.465 e. The number of methoxy groups -OCH3 is 1. The highest BCUT2D eigenvalue weighted by Gasteiger charge is 2.33. The van der Waals surface area contributed by atoms with E-state index in [0.29, 0.717) is 22.9 Å². The lowest BCUT2D eigenvalue weighted by Crippen LogP contribution is -2.08. The van der Waals surface area contributed by atoms with E-state index in [9.17, 15) is 38.2 Å². The number of rotatable bonds is 6. The van der Waals surface area contributed by atoms with E-state index >= 15 is 0 Å². The summed E-state index contributed by atoms with van der Waals surface area (Å²) in [5.74, 6) is -0.728. The van der Waals surface area contributed by atoms with Gasteiger partial charge in [-0.15, -0.1) is 0 Å². The first-order valence-corrected chi connectivity index (χ1v) is 12.6. The molecule has 43 heavy (non-hydrogen) atoms. The summed E-state index contributed by atoms with van der Waals surface area (Å²) in [5.41, 5.74) is 3.19. The van der Waals surface area contributed by atoms with Gasteiger partial charge in [-0.3, -0.25) is 20.2 Å². The van der Waals surface area contributed by atoms with Crippen molar-refractivity contribution in [2.45, 2.75) is 6.18 Å². The number of nitrogens with zero attached hydrogens (tertiary/aromatic N) is 4. The first-order chi connectivity index (χ1) is 20.0. The minimum absolute atomic E-state index is 0.170. The summed E-state index contributed by atoms with van der Waals surface area (Å²) in [5, 5.41) is 25.2. The molecule has 0 atom stereocenters. The van der Waals surface area contributed by atoms with Gasteiger partial charge in [-0.2, -0.15) is 18.3 Å². The molecule has 0 aliphatic heterocycles. The molecule has 0 aliphatic carbocycles. The molecule has 12 nitrogen and oxygen atoms in total. The number of anilines is 1. The first kappa shape index (κ1) is 33.2. The van der Waals surface area contributed by atoms with Crippen LogP contribution in [0, 0.1) is 20.2 Å². The van der Waals surface area contributed by atoms with Crippen LogP contribution in [0.15, 0.2) is 54.7 Å². The van der Waals surface area contributed by atoms with Crippen LogP contribution in [0.25, 0.3) is 5.69 Å². The minimum atomic E-state index is -4.63. The van der Waals surface area contributed by atoms with E-state index in [-0.39, 0.29) is 37.8 Å². The van der Waals surface area contributed by atoms with Crippen molar-refractivity contribution in [1.82, 2.24) is 9.78 Å². The fourth-order valence-electron chi connectivity index (χ4n) is 3.30. The summed E-state index contributed by atoms with van der Waals surface area (Å²) in [6.07, 6.45) is -3.78. The van der Waals surface area contributed by atoms with Gasteiger partial charge in [0.25, 0.3) is 5.69 Å². The van der Waals surface area contributed by atoms with Crippen LogP contribution >= 0.6 is 46.4 Å². The Bertz CT molecular complexity index is 1710. The zero-order valence-electron chi connectivity index (χ0n) is 21.1. The van der Waals surface area contributed by atoms with Crippen LogP contribution < -0.4 is 10.5 Å². The van der Waals surface area contributed by atoms with Crippen LogP contribution in [-0.2, 0) is 10.9 Å². The topological polar surface area (TPSA) is 166 Å². The summed E-state index contributed by atoms with van der Waals surface area (Å²) in [7, 11) is 1.13. The predicted octanol–water partition coefficient (Wildman–Crippen LogP) is 8.17. The number of hydrogen-bond acceptors (Lipinski definition) is 9. The number of nitrogens with two attached hydrogens (primary N) is 1. The summed E-state index contributed by atoms with van der Waals surface area (Å²) in [4.78, 5) is 31.8. The molecule has 1 heterocycles. The second kappa shape index (κ2) is 13.3. The molecule has 3 aromatic carbocycles. The standard InChI is InChI=1S/C14H9Cl2NO5.C10H5Cl2F3N4O2/c1-21-14(18)10-7-9(3-4-12(10)17(19)20)22-13-5-2-8(15)6-11(13)16;11-5-1-4(10(13,14)15)2-6(12)8(5)18-9(16)7(3-17-18)19(20)21/h2-7H,1H3;1-3H,16H2. The monoisotopic (exact) mass is 681 g/mol. The third kappa shape index (κ3) is 7.75. The molecule has 0 saturated carbocycles. The van der Waals surface area contributed by atoms with Crippen molar-refractivity contribution in [3.63, 3.8) is 0 Å². The van der Waals surface area contributed by atoms with Gasteiger partial charge in [0.05, 0.1) is 37.6 Å². The molecule has 0 saturated heterocycles. The van der Waals surface area contributed by atoms with E-state index in [2.05, 4.69) is 9.84 Å². The van der Waals surface area contributed by atoms with Gasteiger partial charge in [-0.25, -0.2) is 9.48 Å². The van der Waals surface area contributed by atoms with Crippen LogP contribution in [0.4, 0.5) is 30.4 Å². The molecule has 0 radical (unpaired) electrons. The lowest BCUT2D eigenvalue weighted by atomic mass is 10.1. The number of alkyl halides is 3. The number of nitro groups is 2. The highest BCUT2D eigenvalue weighted by atomic mass is 35.5. The smallest absolute Gasteiger partial charge is 0.416 e. The number of esters is 1. The van der Waals surface area contributed by atoms with E-state index in [1.165, 1.54) is 18.2 Å². The lowest BCUT2D eigenvalue weighted by molar-refractivity contribution is -0.385. The SMILES string of the molecule is COC(=O)c1cc(Oc2ccc(Cl)cc2Cl)ccc1[N+](=O)[O-].Nc1c([N+](=O)[O-])cnn1-c1c(Cl)cc(C(F)(F)F)cc1Cl.